The SMILES string of the molecule is CC(=O)c1ccccc1NC(=O)C(C)OC(=O)COc1cccc2c1OC(C)(C)C2. The van der Waals surface area contributed by atoms with E-state index in [4.69, 9.17) is 14.2 Å². The van der Waals surface area contributed by atoms with Gasteiger partial charge in [0.1, 0.15) is 5.60 Å². The number of benzene rings is 2. The molecular weight excluding hydrogens is 386 g/mol. The van der Waals surface area contributed by atoms with Crippen LogP contribution < -0.4 is 14.8 Å². The zero-order valence-corrected chi connectivity index (χ0v) is 17.5. The second-order valence-electron chi connectivity index (χ2n) is 7.79. The zero-order chi connectivity index (χ0) is 21.9. The molecule has 0 aromatic heterocycles. The van der Waals surface area contributed by atoms with E-state index in [1.165, 1.54) is 13.8 Å². The Bertz CT molecular complexity index is 981. The van der Waals surface area contributed by atoms with Gasteiger partial charge in [0.2, 0.25) is 0 Å². The summed E-state index contributed by atoms with van der Waals surface area (Å²) < 4.78 is 16.6. The van der Waals surface area contributed by atoms with Crippen molar-refractivity contribution in [2.24, 2.45) is 0 Å². The van der Waals surface area contributed by atoms with E-state index in [-0.39, 0.29) is 18.0 Å². The van der Waals surface area contributed by atoms with Crippen molar-refractivity contribution in [2.75, 3.05) is 11.9 Å². The number of anilines is 1. The first-order valence-electron chi connectivity index (χ1n) is 9.70. The Morgan fingerprint density at radius 2 is 1.87 bits per heavy atom. The van der Waals surface area contributed by atoms with Gasteiger partial charge in [-0.05, 0) is 45.9 Å². The maximum absolute atomic E-state index is 12.4. The van der Waals surface area contributed by atoms with E-state index in [0.29, 0.717) is 22.7 Å². The fraction of sp³-hybridized carbons (Fsp3) is 0.348. The van der Waals surface area contributed by atoms with Gasteiger partial charge in [0.05, 0.1) is 5.69 Å². The van der Waals surface area contributed by atoms with Gasteiger partial charge in [-0.3, -0.25) is 9.59 Å². The van der Waals surface area contributed by atoms with Crippen LogP contribution in [0.3, 0.4) is 0 Å². The van der Waals surface area contributed by atoms with Crippen LogP contribution in [0.5, 0.6) is 11.5 Å². The third-order valence-corrected chi connectivity index (χ3v) is 4.64. The Morgan fingerprint density at radius 1 is 1.13 bits per heavy atom. The number of hydrogen-bond acceptors (Lipinski definition) is 6. The molecular formula is C23H25NO6. The molecule has 1 aliphatic rings. The lowest BCUT2D eigenvalue weighted by atomic mass is 10.0. The normalized spacial score (nSPS) is 14.8. The lowest BCUT2D eigenvalue weighted by Crippen LogP contribution is -2.32. The summed E-state index contributed by atoms with van der Waals surface area (Å²) in [4.78, 5) is 36.2. The van der Waals surface area contributed by atoms with Crippen molar-refractivity contribution in [3.05, 3.63) is 53.6 Å². The number of ether oxygens (including phenoxy) is 3. The molecule has 3 rings (SSSR count). The predicted octanol–water partition coefficient (Wildman–Crippen LogP) is 3.55. The van der Waals surface area contributed by atoms with Gasteiger partial charge in [-0.2, -0.15) is 0 Å². The van der Waals surface area contributed by atoms with Gasteiger partial charge in [0.25, 0.3) is 5.91 Å². The first-order chi connectivity index (χ1) is 14.2. The Kier molecular flexibility index (Phi) is 6.10. The van der Waals surface area contributed by atoms with Gasteiger partial charge in [-0.25, -0.2) is 4.79 Å². The minimum atomic E-state index is -1.06. The van der Waals surface area contributed by atoms with Crippen molar-refractivity contribution in [1.29, 1.82) is 0 Å². The molecule has 1 atom stereocenters. The van der Waals surface area contributed by atoms with Crippen LogP contribution in [0, 0.1) is 0 Å². The van der Waals surface area contributed by atoms with Crippen molar-refractivity contribution in [3.8, 4) is 11.5 Å². The van der Waals surface area contributed by atoms with E-state index in [1.54, 1.807) is 30.3 Å². The first kappa shape index (κ1) is 21.4. The third-order valence-electron chi connectivity index (χ3n) is 4.64. The molecule has 7 nitrogen and oxygen atoms in total. The average molecular weight is 411 g/mol. The standard InChI is InChI=1S/C23H25NO6/c1-14(25)17-9-5-6-10-18(17)24-22(27)15(2)29-20(26)13-28-19-11-7-8-16-12-23(3,4)30-21(16)19/h5-11,15H,12-13H2,1-4H3,(H,24,27). The summed E-state index contributed by atoms with van der Waals surface area (Å²) in [6.07, 6.45) is -0.305. The molecule has 2 aromatic carbocycles. The number of ketones is 1. The second-order valence-corrected chi connectivity index (χ2v) is 7.79. The highest BCUT2D eigenvalue weighted by Crippen LogP contribution is 2.41. The number of nitrogens with one attached hydrogen (secondary N) is 1. The third kappa shape index (κ3) is 4.97. The summed E-state index contributed by atoms with van der Waals surface area (Å²) in [6.45, 7) is 6.47. The Labute approximate surface area is 175 Å². The Balaban J connectivity index is 1.55. The zero-order valence-electron chi connectivity index (χ0n) is 17.5. The van der Waals surface area contributed by atoms with Crippen molar-refractivity contribution in [3.63, 3.8) is 0 Å². The minimum absolute atomic E-state index is 0.176. The van der Waals surface area contributed by atoms with Gasteiger partial charge in [0, 0.05) is 17.5 Å². The minimum Gasteiger partial charge on any atom is -0.483 e. The number of fused-ring (bicyclic) bond motifs is 1. The molecule has 0 spiro atoms. The summed E-state index contributed by atoms with van der Waals surface area (Å²) in [5.41, 5.74) is 1.44. The highest BCUT2D eigenvalue weighted by molar-refractivity contribution is 6.04. The summed E-state index contributed by atoms with van der Waals surface area (Å²) in [5.74, 6) is -0.315. The van der Waals surface area contributed by atoms with E-state index in [1.807, 2.05) is 26.0 Å². The van der Waals surface area contributed by atoms with E-state index in [9.17, 15) is 14.4 Å². The number of hydrogen-bond donors (Lipinski definition) is 1. The van der Waals surface area contributed by atoms with Crippen LogP contribution in [0.15, 0.2) is 42.5 Å². The number of amides is 1. The molecule has 2 aromatic rings. The van der Waals surface area contributed by atoms with E-state index < -0.39 is 18.0 Å². The number of rotatable bonds is 7. The molecule has 1 aliphatic heterocycles. The van der Waals surface area contributed by atoms with E-state index >= 15 is 0 Å². The fourth-order valence-corrected chi connectivity index (χ4v) is 3.26. The maximum atomic E-state index is 12.4. The summed E-state index contributed by atoms with van der Waals surface area (Å²) in [5, 5.41) is 2.62. The van der Waals surface area contributed by atoms with Crippen molar-refractivity contribution >= 4 is 23.3 Å². The topological polar surface area (TPSA) is 90.9 Å². The number of carbonyl (C=O) groups excluding carboxylic acids is 3. The van der Waals surface area contributed by atoms with Crippen molar-refractivity contribution in [2.45, 2.75) is 45.8 Å². The molecule has 30 heavy (non-hydrogen) atoms. The summed E-state index contributed by atoms with van der Waals surface area (Å²) in [7, 11) is 0. The molecule has 158 valence electrons. The first-order valence-corrected chi connectivity index (χ1v) is 9.70. The van der Waals surface area contributed by atoms with Gasteiger partial charge >= 0.3 is 5.97 Å². The van der Waals surface area contributed by atoms with Crippen LogP contribution in [-0.2, 0) is 20.7 Å². The van der Waals surface area contributed by atoms with E-state index in [0.717, 1.165) is 12.0 Å². The molecule has 1 heterocycles. The van der Waals surface area contributed by atoms with Crippen molar-refractivity contribution in [1.82, 2.24) is 0 Å². The monoisotopic (exact) mass is 411 g/mol. The van der Waals surface area contributed by atoms with E-state index in [2.05, 4.69) is 5.32 Å². The molecule has 1 N–H and O–H groups in total. The number of esters is 1. The van der Waals surface area contributed by atoms with Crippen LogP contribution >= 0.6 is 0 Å². The fourth-order valence-electron chi connectivity index (χ4n) is 3.26. The molecule has 0 bridgehead atoms. The molecule has 7 heteroatoms. The Morgan fingerprint density at radius 3 is 2.60 bits per heavy atom. The highest BCUT2D eigenvalue weighted by atomic mass is 16.6. The van der Waals surface area contributed by atoms with Gasteiger partial charge < -0.3 is 19.5 Å². The van der Waals surface area contributed by atoms with Gasteiger partial charge in [-0.15, -0.1) is 0 Å². The quantitative estimate of drug-likeness (QED) is 0.553. The molecule has 1 unspecified atom stereocenters. The van der Waals surface area contributed by atoms with Crippen LogP contribution in [-0.4, -0.2) is 36.0 Å². The largest absolute Gasteiger partial charge is 0.483 e. The lowest BCUT2D eigenvalue weighted by molar-refractivity contribution is -0.155. The predicted molar refractivity (Wildman–Crippen MR) is 111 cm³/mol. The van der Waals surface area contributed by atoms with Crippen molar-refractivity contribution < 1.29 is 28.6 Å². The number of carbonyl (C=O) groups is 3. The second kappa shape index (κ2) is 8.57. The molecule has 0 fully saturated rings. The van der Waals surface area contributed by atoms with Crippen LogP contribution in [0.25, 0.3) is 0 Å². The number of Topliss-reactive ketones (excluding diaryl/α,β-unsaturated/α-hetero) is 1. The smallest absolute Gasteiger partial charge is 0.344 e. The van der Waals surface area contributed by atoms with Crippen LogP contribution in [0.2, 0.25) is 0 Å². The van der Waals surface area contributed by atoms with Gasteiger partial charge in [-0.1, -0.05) is 24.3 Å². The Hall–Kier alpha value is -3.35. The summed E-state index contributed by atoms with van der Waals surface area (Å²) >= 11 is 0. The molecule has 0 aliphatic carbocycles. The molecule has 0 saturated heterocycles. The van der Waals surface area contributed by atoms with Crippen LogP contribution in [0.4, 0.5) is 5.69 Å². The highest BCUT2D eigenvalue weighted by Gasteiger charge is 2.32. The van der Waals surface area contributed by atoms with Gasteiger partial charge in [0.15, 0.2) is 30.0 Å². The summed E-state index contributed by atoms with van der Waals surface area (Å²) in [6, 6.07) is 12.2. The molecule has 0 saturated carbocycles. The maximum Gasteiger partial charge on any atom is 0.344 e. The number of para-hydroxylation sites is 2. The molecule has 0 radical (unpaired) electrons. The van der Waals surface area contributed by atoms with Crippen LogP contribution in [0.1, 0.15) is 43.6 Å². The lowest BCUT2D eigenvalue weighted by Gasteiger charge is -2.18. The average Bonchev–Trinajstić information content (AvgIpc) is 3.00. The molecule has 1 amide bonds.